The van der Waals surface area contributed by atoms with Gasteiger partial charge in [-0.2, -0.15) is 10.4 Å². The van der Waals surface area contributed by atoms with Gasteiger partial charge in [-0.15, -0.1) is 0 Å². The van der Waals surface area contributed by atoms with Crippen molar-refractivity contribution in [3.63, 3.8) is 0 Å². The third kappa shape index (κ3) is 2.91. The molecule has 0 aliphatic carbocycles. The molecule has 6 rings (SSSR count). The zero-order chi connectivity index (χ0) is 23.4. The van der Waals surface area contributed by atoms with E-state index >= 15 is 0 Å². The molecule has 34 heavy (non-hydrogen) atoms. The molecule has 0 radical (unpaired) electrons. The van der Waals surface area contributed by atoms with Crippen molar-refractivity contribution in [1.82, 2.24) is 19.3 Å². The molecule has 8 heteroatoms. The number of furan rings is 1. The van der Waals surface area contributed by atoms with Crippen LogP contribution in [-0.2, 0) is 7.05 Å². The van der Waals surface area contributed by atoms with E-state index in [1.165, 1.54) is 0 Å². The topological polar surface area (TPSA) is 108 Å². The molecule has 0 fully saturated rings. The molecule has 0 bridgehead atoms. The van der Waals surface area contributed by atoms with E-state index in [9.17, 15) is 5.26 Å². The van der Waals surface area contributed by atoms with E-state index in [2.05, 4.69) is 11.1 Å². The molecule has 0 saturated heterocycles. The lowest BCUT2D eigenvalue weighted by molar-refractivity contribution is 0.358. The van der Waals surface area contributed by atoms with E-state index in [4.69, 9.17) is 20.0 Å². The molecule has 4 heterocycles. The summed E-state index contributed by atoms with van der Waals surface area (Å²) in [5.74, 6) is 1.61. The number of benzene rings is 2. The number of hydrogen-bond acceptors (Lipinski definition) is 6. The van der Waals surface area contributed by atoms with Gasteiger partial charge in [0.15, 0.2) is 5.76 Å². The molecule has 0 amide bonds. The Kier molecular flexibility index (Phi) is 4.32. The maximum absolute atomic E-state index is 10.0. The highest BCUT2D eigenvalue weighted by molar-refractivity contribution is 5.83. The number of para-hydroxylation sites is 1. The fourth-order valence-electron chi connectivity index (χ4n) is 4.56. The highest BCUT2D eigenvalue weighted by Gasteiger charge is 2.37. The Balaban J connectivity index is 1.53. The van der Waals surface area contributed by atoms with Gasteiger partial charge in [-0.1, -0.05) is 30.3 Å². The second-order valence-electron chi connectivity index (χ2n) is 8.20. The number of nitriles is 1. The third-order valence-electron chi connectivity index (χ3n) is 6.19. The molecule has 8 nitrogen and oxygen atoms in total. The quantitative estimate of drug-likeness (QED) is 0.434. The van der Waals surface area contributed by atoms with E-state index in [0.29, 0.717) is 22.9 Å². The van der Waals surface area contributed by atoms with E-state index in [1.54, 1.807) is 17.9 Å². The summed E-state index contributed by atoms with van der Waals surface area (Å²) < 4.78 is 15.6. The molecule has 166 valence electrons. The molecule has 2 aromatic carbocycles. The number of aryl methyl sites for hydroxylation is 2. The number of nitrogens with zero attached hydrogens (tertiary/aromatic N) is 5. The van der Waals surface area contributed by atoms with Crippen LogP contribution in [0.5, 0.6) is 5.88 Å². The highest BCUT2D eigenvalue weighted by atomic mass is 16.5. The first-order valence-electron chi connectivity index (χ1n) is 10.8. The van der Waals surface area contributed by atoms with Crippen molar-refractivity contribution in [1.29, 1.82) is 5.26 Å². The fraction of sp³-hybridized carbons (Fsp3) is 0.115. The number of aromatic nitrogens is 4. The van der Waals surface area contributed by atoms with Gasteiger partial charge in [0.2, 0.25) is 11.8 Å². The first kappa shape index (κ1) is 19.9. The largest absolute Gasteiger partial charge is 0.454 e. The van der Waals surface area contributed by atoms with Crippen molar-refractivity contribution in [2.75, 3.05) is 0 Å². The molecule has 5 aromatic rings. The van der Waals surface area contributed by atoms with E-state index in [0.717, 1.165) is 33.6 Å². The van der Waals surface area contributed by atoms with Gasteiger partial charge < -0.3 is 19.5 Å². The number of hydrogen-bond donors (Lipinski definition) is 1. The van der Waals surface area contributed by atoms with Gasteiger partial charge in [0.25, 0.3) is 0 Å². The molecular formula is C26H20N6O2. The summed E-state index contributed by atoms with van der Waals surface area (Å²) in [6.07, 6.45) is 3.68. The summed E-state index contributed by atoms with van der Waals surface area (Å²) >= 11 is 0. The fourth-order valence-corrected chi connectivity index (χ4v) is 4.56. The molecule has 0 spiro atoms. The Bertz CT molecular complexity index is 1600. The number of allylic oxidation sites excluding steroid dienone is 1. The Hall–Kier alpha value is -4.77. The Labute approximate surface area is 195 Å². The van der Waals surface area contributed by atoms with Gasteiger partial charge in [0, 0.05) is 30.5 Å². The van der Waals surface area contributed by atoms with Gasteiger partial charge in [-0.25, -0.2) is 9.67 Å². The molecular weight excluding hydrogens is 428 g/mol. The Morgan fingerprint density at radius 2 is 1.91 bits per heavy atom. The normalized spacial score (nSPS) is 15.3. The van der Waals surface area contributed by atoms with Crippen LogP contribution in [0.1, 0.15) is 22.9 Å². The van der Waals surface area contributed by atoms with Crippen LogP contribution in [0.2, 0.25) is 0 Å². The maximum Gasteiger partial charge on any atom is 0.224 e. The van der Waals surface area contributed by atoms with E-state index < -0.39 is 5.92 Å². The van der Waals surface area contributed by atoms with Crippen LogP contribution in [-0.4, -0.2) is 19.3 Å². The van der Waals surface area contributed by atoms with Crippen molar-refractivity contribution in [2.24, 2.45) is 12.8 Å². The predicted octanol–water partition coefficient (Wildman–Crippen LogP) is 4.55. The minimum absolute atomic E-state index is 0.0775. The second-order valence-corrected chi connectivity index (χ2v) is 8.20. The van der Waals surface area contributed by atoms with Gasteiger partial charge in [0.05, 0.1) is 11.5 Å². The average molecular weight is 448 g/mol. The summed E-state index contributed by atoms with van der Waals surface area (Å²) in [6.45, 7) is 1.95. The third-order valence-corrected chi connectivity index (χ3v) is 6.19. The lowest BCUT2D eigenvalue weighted by atomic mass is 9.83. The number of imidazole rings is 1. The van der Waals surface area contributed by atoms with Gasteiger partial charge in [0.1, 0.15) is 28.7 Å². The molecule has 2 N–H and O–H groups in total. The van der Waals surface area contributed by atoms with Gasteiger partial charge in [-0.3, -0.25) is 0 Å². The van der Waals surface area contributed by atoms with Crippen molar-refractivity contribution in [3.05, 3.63) is 95.4 Å². The number of ether oxygens (including phenoxy) is 1. The number of rotatable bonds is 3. The van der Waals surface area contributed by atoms with Crippen LogP contribution in [0.15, 0.2) is 82.9 Å². The first-order chi connectivity index (χ1) is 16.5. The van der Waals surface area contributed by atoms with Crippen LogP contribution in [0.4, 0.5) is 0 Å². The summed E-state index contributed by atoms with van der Waals surface area (Å²) in [5, 5.41) is 15.7. The number of fused-ring (bicyclic) bond motifs is 2. The van der Waals surface area contributed by atoms with Crippen LogP contribution in [0.25, 0.3) is 28.1 Å². The standard InChI is InChI=1S/C26H20N6O2/c1-15-29-11-12-32(15)18-9-7-16(8-10-18)22-19(14-27)25(28)34-26-23(22)24(30-31(26)2)21-13-17-5-3-4-6-20(17)33-21/h3-13,22H,28H2,1-2H3. The molecule has 1 aliphatic rings. The smallest absolute Gasteiger partial charge is 0.224 e. The van der Waals surface area contributed by atoms with Crippen LogP contribution in [0, 0.1) is 18.3 Å². The van der Waals surface area contributed by atoms with Crippen molar-refractivity contribution in [3.8, 4) is 29.1 Å². The van der Waals surface area contributed by atoms with Crippen LogP contribution >= 0.6 is 0 Å². The summed E-state index contributed by atoms with van der Waals surface area (Å²) in [5.41, 5.74) is 10.5. The predicted molar refractivity (Wildman–Crippen MR) is 126 cm³/mol. The zero-order valence-corrected chi connectivity index (χ0v) is 18.6. The van der Waals surface area contributed by atoms with Crippen LogP contribution in [0.3, 0.4) is 0 Å². The van der Waals surface area contributed by atoms with Crippen molar-refractivity contribution < 1.29 is 9.15 Å². The van der Waals surface area contributed by atoms with Crippen molar-refractivity contribution in [2.45, 2.75) is 12.8 Å². The Morgan fingerprint density at radius 1 is 1.12 bits per heavy atom. The lowest BCUT2D eigenvalue weighted by Gasteiger charge is -2.24. The zero-order valence-electron chi connectivity index (χ0n) is 18.6. The monoisotopic (exact) mass is 448 g/mol. The van der Waals surface area contributed by atoms with Gasteiger partial charge in [-0.05, 0) is 36.8 Å². The SMILES string of the molecule is Cc1nccn1-c1ccc(C2C(C#N)=C(N)Oc3c2c(-c2cc4ccccc4o2)nn3C)cc1. The van der Waals surface area contributed by atoms with E-state index in [-0.39, 0.29) is 5.88 Å². The molecule has 1 aliphatic heterocycles. The molecule has 0 saturated carbocycles. The average Bonchev–Trinajstić information content (AvgIpc) is 3.55. The minimum atomic E-state index is -0.455. The maximum atomic E-state index is 10.0. The molecule has 1 unspecified atom stereocenters. The first-order valence-corrected chi connectivity index (χ1v) is 10.8. The molecule has 1 atom stereocenters. The summed E-state index contributed by atoms with van der Waals surface area (Å²) in [7, 11) is 1.79. The molecule has 3 aromatic heterocycles. The number of nitrogens with two attached hydrogens (primary N) is 1. The van der Waals surface area contributed by atoms with Crippen molar-refractivity contribution >= 4 is 11.0 Å². The van der Waals surface area contributed by atoms with E-state index in [1.807, 2.05) is 72.3 Å². The summed E-state index contributed by atoms with van der Waals surface area (Å²) in [4.78, 5) is 4.29. The lowest BCUT2D eigenvalue weighted by Crippen LogP contribution is -2.21. The second kappa shape index (κ2) is 7.39. The summed E-state index contributed by atoms with van der Waals surface area (Å²) in [6, 6.07) is 20.0. The van der Waals surface area contributed by atoms with Crippen LogP contribution < -0.4 is 10.5 Å². The van der Waals surface area contributed by atoms with Gasteiger partial charge >= 0.3 is 0 Å². The Morgan fingerprint density at radius 3 is 2.62 bits per heavy atom. The highest BCUT2D eigenvalue weighted by Crippen LogP contribution is 2.47. The minimum Gasteiger partial charge on any atom is -0.454 e.